The molecule has 0 amide bonds. The number of nitriles is 1. The van der Waals surface area contributed by atoms with Gasteiger partial charge in [-0.1, -0.05) is 6.07 Å². The van der Waals surface area contributed by atoms with Gasteiger partial charge in [0.2, 0.25) is 0 Å². The number of hydrogen-bond acceptors (Lipinski definition) is 7. The average molecular weight is 423 g/mol. The molecule has 1 fully saturated rings. The number of hydrogen-bond donors (Lipinski definition) is 1. The van der Waals surface area contributed by atoms with Crippen molar-refractivity contribution < 1.29 is 13.2 Å². The molecule has 0 radical (unpaired) electrons. The molecular formula is C22H22N4O3S. The maximum atomic E-state index is 12.0. The average Bonchev–Trinajstić information content (AvgIpc) is 3.58. The molecule has 0 aliphatic heterocycles. The Morgan fingerprint density at radius 2 is 1.97 bits per heavy atom. The topological polar surface area (TPSA) is 105 Å². The van der Waals surface area contributed by atoms with Crippen LogP contribution in [-0.4, -0.2) is 38.0 Å². The van der Waals surface area contributed by atoms with Crippen LogP contribution in [0.4, 0.5) is 5.69 Å². The van der Waals surface area contributed by atoms with E-state index in [2.05, 4.69) is 28.5 Å². The van der Waals surface area contributed by atoms with Crippen molar-refractivity contribution in [2.75, 3.05) is 18.7 Å². The fourth-order valence-corrected chi connectivity index (χ4v) is 4.23. The van der Waals surface area contributed by atoms with Crippen molar-refractivity contribution >= 4 is 26.4 Å². The summed E-state index contributed by atoms with van der Waals surface area (Å²) in [6.45, 7) is 2.11. The van der Waals surface area contributed by atoms with E-state index in [4.69, 9.17) is 4.74 Å². The molecule has 8 heteroatoms. The van der Waals surface area contributed by atoms with Crippen LogP contribution >= 0.6 is 0 Å². The molecule has 1 atom stereocenters. The van der Waals surface area contributed by atoms with Crippen molar-refractivity contribution in [3.05, 3.63) is 42.1 Å². The molecular weight excluding hydrogens is 400 g/mol. The lowest BCUT2D eigenvalue weighted by molar-refractivity contribution is 0.416. The van der Waals surface area contributed by atoms with Crippen LogP contribution in [0.15, 0.2) is 41.3 Å². The van der Waals surface area contributed by atoms with Gasteiger partial charge >= 0.3 is 0 Å². The molecule has 4 rings (SSSR count). The first-order chi connectivity index (χ1) is 14.3. The zero-order chi connectivity index (χ0) is 21.5. The maximum Gasteiger partial charge on any atom is 0.186 e. The summed E-state index contributed by atoms with van der Waals surface area (Å²) in [5, 5.41) is 22.1. The predicted molar refractivity (Wildman–Crippen MR) is 115 cm³/mol. The minimum Gasteiger partial charge on any atom is -0.496 e. The zero-order valence-corrected chi connectivity index (χ0v) is 17.8. The number of sulfone groups is 1. The van der Waals surface area contributed by atoms with Crippen molar-refractivity contribution in [3.8, 4) is 22.9 Å². The van der Waals surface area contributed by atoms with E-state index in [1.165, 1.54) is 25.2 Å². The van der Waals surface area contributed by atoms with Crippen LogP contribution in [0.5, 0.6) is 5.75 Å². The van der Waals surface area contributed by atoms with E-state index < -0.39 is 9.84 Å². The highest BCUT2D eigenvalue weighted by Crippen LogP contribution is 2.37. The number of fused-ring (bicyclic) bond motifs is 1. The first-order valence-corrected chi connectivity index (χ1v) is 11.6. The molecule has 154 valence electrons. The second-order valence-corrected chi connectivity index (χ2v) is 9.69. The summed E-state index contributed by atoms with van der Waals surface area (Å²) in [6, 6.07) is 12.7. The Balaban J connectivity index is 1.84. The fraction of sp³-hybridized carbons (Fsp3) is 0.318. The number of methoxy groups -OCH3 is 1. The molecule has 7 nitrogen and oxygen atoms in total. The number of ether oxygens (including phenoxy) is 1. The monoisotopic (exact) mass is 422 g/mol. The van der Waals surface area contributed by atoms with Gasteiger partial charge in [-0.05, 0) is 61.6 Å². The quantitative estimate of drug-likeness (QED) is 0.644. The Morgan fingerprint density at radius 1 is 1.20 bits per heavy atom. The van der Waals surface area contributed by atoms with Crippen molar-refractivity contribution in [2.45, 2.75) is 30.7 Å². The van der Waals surface area contributed by atoms with Crippen molar-refractivity contribution in [2.24, 2.45) is 5.92 Å². The first-order valence-electron chi connectivity index (χ1n) is 9.67. The second kappa shape index (κ2) is 7.58. The van der Waals surface area contributed by atoms with Crippen LogP contribution in [0.2, 0.25) is 0 Å². The normalized spacial score (nSPS) is 14.9. The van der Waals surface area contributed by atoms with E-state index in [0.717, 1.165) is 10.9 Å². The SMILES string of the molecule is COc1ccc(S(C)(=O)=O)cc1-c1ccc2c(N[C@H](C)C3CC3)c(C#N)nnc2c1. The number of nitrogens with zero attached hydrogens (tertiary/aromatic N) is 3. The third-order valence-corrected chi connectivity index (χ3v) is 6.59. The molecule has 1 aromatic heterocycles. The first kappa shape index (κ1) is 20.1. The number of nitrogens with one attached hydrogen (secondary N) is 1. The fourth-order valence-electron chi connectivity index (χ4n) is 3.58. The molecule has 1 aliphatic carbocycles. The lowest BCUT2D eigenvalue weighted by atomic mass is 10.0. The van der Waals surface area contributed by atoms with Gasteiger partial charge in [-0.3, -0.25) is 0 Å². The molecule has 0 unspecified atom stereocenters. The molecule has 0 spiro atoms. The van der Waals surface area contributed by atoms with Crippen LogP contribution in [0.25, 0.3) is 22.0 Å². The van der Waals surface area contributed by atoms with Gasteiger partial charge in [0.1, 0.15) is 11.8 Å². The molecule has 1 N–H and O–H groups in total. The summed E-state index contributed by atoms with van der Waals surface area (Å²) in [7, 11) is -1.82. The Morgan fingerprint density at radius 3 is 2.60 bits per heavy atom. The van der Waals surface area contributed by atoms with Crippen LogP contribution in [0.3, 0.4) is 0 Å². The van der Waals surface area contributed by atoms with Crippen LogP contribution in [-0.2, 0) is 9.84 Å². The highest BCUT2D eigenvalue weighted by molar-refractivity contribution is 7.90. The standard InChI is InChI=1S/C22H22N4O3S/c1-13(14-4-5-14)24-22-17-8-6-15(10-19(17)25-26-20(22)12-23)18-11-16(30(3,27)28)7-9-21(18)29-2/h6-11,13-14H,4-5H2,1-3H3,(H,24,25)/t13-/m1/s1. The van der Waals surface area contributed by atoms with Gasteiger partial charge in [-0.25, -0.2) is 8.42 Å². The van der Waals surface area contributed by atoms with Gasteiger partial charge in [-0.2, -0.15) is 5.26 Å². The van der Waals surface area contributed by atoms with Crippen LogP contribution in [0.1, 0.15) is 25.5 Å². The minimum atomic E-state index is -3.36. The highest BCUT2D eigenvalue weighted by atomic mass is 32.2. The molecule has 1 heterocycles. The van der Waals surface area contributed by atoms with Gasteiger partial charge in [-0.15, -0.1) is 10.2 Å². The summed E-state index contributed by atoms with van der Waals surface area (Å²) in [5.74, 6) is 1.17. The van der Waals surface area contributed by atoms with E-state index >= 15 is 0 Å². The Bertz CT molecular complexity index is 1280. The van der Waals surface area contributed by atoms with E-state index in [0.29, 0.717) is 28.4 Å². The highest BCUT2D eigenvalue weighted by Gasteiger charge is 2.29. The van der Waals surface area contributed by atoms with Crippen molar-refractivity contribution in [1.82, 2.24) is 10.2 Å². The summed E-state index contributed by atoms with van der Waals surface area (Å²) in [6.07, 6.45) is 3.55. The Hall–Kier alpha value is -3.18. The summed E-state index contributed by atoms with van der Waals surface area (Å²) < 4.78 is 29.4. The second-order valence-electron chi connectivity index (χ2n) is 7.67. The summed E-state index contributed by atoms with van der Waals surface area (Å²) in [5.41, 5.74) is 2.97. The molecule has 30 heavy (non-hydrogen) atoms. The van der Waals surface area contributed by atoms with Gasteiger partial charge < -0.3 is 10.1 Å². The Kier molecular flexibility index (Phi) is 5.08. The summed E-state index contributed by atoms with van der Waals surface area (Å²) >= 11 is 0. The van der Waals surface area contributed by atoms with E-state index in [1.807, 2.05) is 18.2 Å². The van der Waals surface area contributed by atoms with Crippen molar-refractivity contribution in [3.63, 3.8) is 0 Å². The number of benzene rings is 2. The third kappa shape index (κ3) is 3.81. The molecule has 1 saturated carbocycles. The number of rotatable bonds is 6. The largest absolute Gasteiger partial charge is 0.496 e. The molecule has 3 aromatic rings. The van der Waals surface area contributed by atoms with E-state index in [9.17, 15) is 13.7 Å². The van der Waals surface area contributed by atoms with E-state index in [1.54, 1.807) is 19.2 Å². The van der Waals surface area contributed by atoms with Crippen LogP contribution in [0, 0.1) is 17.2 Å². The molecule has 1 aliphatic rings. The maximum absolute atomic E-state index is 12.0. The molecule has 2 aromatic carbocycles. The lowest BCUT2D eigenvalue weighted by Gasteiger charge is -2.17. The van der Waals surface area contributed by atoms with Gasteiger partial charge in [0, 0.05) is 23.2 Å². The van der Waals surface area contributed by atoms with Gasteiger partial charge in [0.25, 0.3) is 0 Å². The minimum absolute atomic E-state index is 0.213. The predicted octanol–water partition coefficient (Wildman–Crippen LogP) is 3.79. The zero-order valence-electron chi connectivity index (χ0n) is 17.0. The summed E-state index contributed by atoms with van der Waals surface area (Å²) in [4.78, 5) is 0.213. The molecule has 0 saturated heterocycles. The van der Waals surface area contributed by atoms with E-state index in [-0.39, 0.29) is 16.6 Å². The lowest BCUT2D eigenvalue weighted by Crippen LogP contribution is -2.19. The number of anilines is 1. The third-order valence-electron chi connectivity index (χ3n) is 5.48. The van der Waals surface area contributed by atoms with Gasteiger partial charge in [0.15, 0.2) is 15.5 Å². The smallest absolute Gasteiger partial charge is 0.186 e. The van der Waals surface area contributed by atoms with Crippen molar-refractivity contribution in [1.29, 1.82) is 5.26 Å². The van der Waals surface area contributed by atoms with Crippen LogP contribution < -0.4 is 10.1 Å². The molecule has 0 bridgehead atoms. The Labute approximate surface area is 175 Å². The number of aromatic nitrogens is 2. The van der Waals surface area contributed by atoms with Gasteiger partial charge in [0.05, 0.1) is 23.2 Å².